The van der Waals surface area contributed by atoms with Gasteiger partial charge in [-0.1, -0.05) is 60.7 Å². The van der Waals surface area contributed by atoms with Gasteiger partial charge in [0, 0.05) is 11.6 Å². The Balaban J connectivity index is 1.69. The molecule has 0 radical (unpaired) electrons. The number of aliphatic hydroxyl groups excluding tert-OH is 1. The van der Waals surface area contributed by atoms with E-state index < -0.39 is 6.10 Å². The number of benzene rings is 2. The van der Waals surface area contributed by atoms with E-state index in [1.807, 2.05) is 67.7 Å². The molecular formula is C21H25NO2. The lowest BCUT2D eigenvalue weighted by Crippen LogP contribution is -2.48. The van der Waals surface area contributed by atoms with Crippen LogP contribution in [0.1, 0.15) is 47.7 Å². The second kappa shape index (κ2) is 7.73. The SMILES string of the molecule is CN1[C@@H](C[C@H](O)c2ccccc2)CCC[C@@H]1C(=O)c1ccccc1. The number of piperidine rings is 1. The van der Waals surface area contributed by atoms with Crippen LogP contribution in [0.25, 0.3) is 0 Å². The molecule has 2 aromatic carbocycles. The Labute approximate surface area is 143 Å². The minimum absolute atomic E-state index is 0.0888. The fraction of sp³-hybridized carbons (Fsp3) is 0.381. The molecule has 1 saturated heterocycles. The Bertz CT molecular complexity index is 656. The molecule has 1 fully saturated rings. The quantitative estimate of drug-likeness (QED) is 0.850. The minimum atomic E-state index is -0.482. The summed E-state index contributed by atoms with van der Waals surface area (Å²) in [5.74, 6) is 0.192. The van der Waals surface area contributed by atoms with Crippen molar-refractivity contribution in [1.82, 2.24) is 4.90 Å². The number of likely N-dealkylation sites (tertiary alicyclic amines) is 1. The van der Waals surface area contributed by atoms with Crippen LogP contribution in [0.15, 0.2) is 60.7 Å². The van der Waals surface area contributed by atoms with Crippen molar-refractivity contribution < 1.29 is 9.90 Å². The second-order valence-electron chi connectivity index (χ2n) is 6.66. The lowest BCUT2D eigenvalue weighted by atomic mass is 9.88. The number of nitrogens with zero attached hydrogens (tertiary/aromatic N) is 1. The molecule has 3 heteroatoms. The van der Waals surface area contributed by atoms with Crippen LogP contribution in [0.4, 0.5) is 0 Å². The normalized spacial score (nSPS) is 22.9. The highest BCUT2D eigenvalue weighted by atomic mass is 16.3. The zero-order chi connectivity index (χ0) is 16.9. The van der Waals surface area contributed by atoms with Crippen molar-refractivity contribution in [2.24, 2.45) is 0 Å². The van der Waals surface area contributed by atoms with Crippen LogP contribution in [-0.2, 0) is 0 Å². The summed E-state index contributed by atoms with van der Waals surface area (Å²) in [6, 6.07) is 19.4. The topological polar surface area (TPSA) is 40.5 Å². The van der Waals surface area contributed by atoms with Crippen molar-refractivity contribution in [2.45, 2.75) is 43.9 Å². The van der Waals surface area contributed by atoms with Crippen LogP contribution in [0.3, 0.4) is 0 Å². The van der Waals surface area contributed by atoms with E-state index in [9.17, 15) is 9.90 Å². The third kappa shape index (κ3) is 3.74. The molecule has 0 spiro atoms. The molecule has 3 rings (SSSR count). The van der Waals surface area contributed by atoms with E-state index in [1.54, 1.807) is 0 Å². The molecule has 126 valence electrons. The van der Waals surface area contributed by atoms with Gasteiger partial charge in [-0.2, -0.15) is 0 Å². The van der Waals surface area contributed by atoms with Gasteiger partial charge in [-0.15, -0.1) is 0 Å². The van der Waals surface area contributed by atoms with E-state index in [-0.39, 0.29) is 17.9 Å². The number of hydrogen-bond donors (Lipinski definition) is 1. The Morgan fingerprint density at radius 1 is 1.08 bits per heavy atom. The van der Waals surface area contributed by atoms with Gasteiger partial charge in [-0.05, 0) is 38.3 Å². The summed E-state index contributed by atoms with van der Waals surface area (Å²) >= 11 is 0. The van der Waals surface area contributed by atoms with Crippen molar-refractivity contribution in [2.75, 3.05) is 7.05 Å². The molecule has 3 nitrogen and oxygen atoms in total. The third-order valence-corrected chi connectivity index (χ3v) is 5.12. The summed E-state index contributed by atoms with van der Waals surface area (Å²) in [7, 11) is 2.02. The maximum atomic E-state index is 12.8. The molecule has 0 unspecified atom stereocenters. The first-order valence-corrected chi connectivity index (χ1v) is 8.71. The van der Waals surface area contributed by atoms with Gasteiger partial charge in [0.05, 0.1) is 12.1 Å². The molecular weight excluding hydrogens is 298 g/mol. The van der Waals surface area contributed by atoms with E-state index in [1.165, 1.54) is 0 Å². The maximum Gasteiger partial charge on any atom is 0.179 e. The predicted molar refractivity (Wildman–Crippen MR) is 96.0 cm³/mol. The monoisotopic (exact) mass is 323 g/mol. The average molecular weight is 323 g/mol. The highest BCUT2D eigenvalue weighted by molar-refractivity contribution is 6.00. The Morgan fingerprint density at radius 2 is 1.71 bits per heavy atom. The summed E-state index contributed by atoms with van der Waals surface area (Å²) in [6.45, 7) is 0. The van der Waals surface area contributed by atoms with Crippen LogP contribution < -0.4 is 0 Å². The molecule has 1 heterocycles. The molecule has 0 amide bonds. The zero-order valence-corrected chi connectivity index (χ0v) is 14.1. The van der Waals surface area contributed by atoms with Crippen molar-refractivity contribution in [3.05, 3.63) is 71.8 Å². The first kappa shape index (κ1) is 16.9. The van der Waals surface area contributed by atoms with Crippen molar-refractivity contribution in [3.63, 3.8) is 0 Å². The summed E-state index contributed by atoms with van der Waals surface area (Å²) < 4.78 is 0. The third-order valence-electron chi connectivity index (χ3n) is 5.12. The van der Waals surface area contributed by atoms with Crippen LogP contribution in [0.2, 0.25) is 0 Å². The molecule has 1 aliphatic heterocycles. The number of aliphatic hydroxyl groups is 1. The fourth-order valence-corrected chi connectivity index (χ4v) is 3.67. The van der Waals surface area contributed by atoms with Gasteiger partial charge in [0.25, 0.3) is 0 Å². The van der Waals surface area contributed by atoms with E-state index in [2.05, 4.69) is 4.90 Å². The molecule has 3 atom stereocenters. The molecule has 0 aliphatic carbocycles. The summed E-state index contributed by atoms with van der Waals surface area (Å²) in [5, 5.41) is 10.5. The standard InChI is InChI=1S/C21H25NO2/c1-22-18(15-20(23)16-9-4-2-5-10-16)13-8-14-19(22)21(24)17-11-6-3-7-12-17/h2-7,9-12,18-20,23H,8,13-15H2,1H3/t18-,19-,20+/m1/s1. The van der Waals surface area contributed by atoms with E-state index >= 15 is 0 Å². The number of Topliss-reactive ketones (excluding diaryl/α,β-unsaturated/α-hetero) is 1. The number of rotatable bonds is 5. The van der Waals surface area contributed by atoms with Crippen LogP contribution >= 0.6 is 0 Å². The molecule has 2 aromatic rings. The van der Waals surface area contributed by atoms with Crippen molar-refractivity contribution in [1.29, 1.82) is 0 Å². The number of likely N-dealkylation sites (N-methyl/N-ethyl adjacent to an activating group) is 1. The van der Waals surface area contributed by atoms with E-state index in [0.29, 0.717) is 6.42 Å². The number of carbonyl (C=O) groups is 1. The Morgan fingerprint density at radius 3 is 2.38 bits per heavy atom. The van der Waals surface area contributed by atoms with Crippen LogP contribution in [0.5, 0.6) is 0 Å². The van der Waals surface area contributed by atoms with Gasteiger partial charge in [-0.3, -0.25) is 9.69 Å². The minimum Gasteiger partial charge on any atom is -0.388 e. The zero-order valence-electron chi connectivity index (χ0n) is 14.1. The van der Waals surface area contributed by atoms with Gasteiger partial charge in [0.2, 0.25) is 0 Å². The average Bonchev–Trinajstić information content (AvgIpc) is 2.64. The van der Waals surface area contributed by atoms with Gasteiger partial charge in [-0.25, -0.2) is 0 Å². The Hall–Kier alpha value is -1.97. The van der Waals surface area contributed by atoms with Crippen molar-refractivity contribution in [3.8, 4) is 0 Å². The van der Waals surface area contributed by atoms with Crippen LogP contribution in [-0.4, -0.2) is 34.9 Å². The van der Waals surface area contributed by atoms with Gasteiger partial charge >= 0.3 is 0 Å². The Kier molecular flexibility index (Phi) is 5.44. The second-order valence-corrected chi connectivity index (χ2v) is 6.66. The van der Waals surface area contributed by atoms with Crippen LogP contribution in [0, 0.1) is 0 Å². The summed E-state index contributed by atoms with van der Waals surface area (Å²) in [6.07, 6.45) is 3.13. The van der Waals surface area contributed by atoms with E-state index in [4.69, 9.17) is 0 Å². The maximum absolute atomic E-state index is 12.8. The summed E-state index contributed by atoms with van der Waals surface area (Å²) in [4.78, 5) is 15.0. The molecule has 24 heavy (non-hydrogen) atoms. The van der Waals surface area contributed by atoms with Crippen molar-refractivity contribution >= 4 is 5.78 Å². The lowest BCUT2D eigenvalue weighted by Gasteiger charge is -2.39. The number of ketones is 1. The number of carbonyl (C=O) groups excluding carboxylic acids is 1. The molecule has 0 aromatic heterocycles. The highest BCUT2D eigenvalue weighted by Crippen LogP contribution is 2.30. The molecule has 1 N–H and O–H groups in total. The van der Waals surface area contributed by atoms with E-state index in [0.717, 1.165) is 30.4 Å². The summed E-state index contributed by atoms with van der Waals surface area (Å²) in [5.41, 5.74) is 1.72. The van der Waals surface area contributed by atoms with Gasteiger partial charge < -0.3 is 5.11 Å². The lowest BCUT2D eigenvalue weighted by molar-refractivity contribution is 0.0499. The molecule has 1 aliphatic rings. The largest absolute Gasteiger partial charge is 0.388 e. The fourth-order valence-electron chi connectivity index (χ4n) is 3.67. The molecule has 0 saturated carbocycles. The first-order chi connectivity index (χ1) is 11.7. The number of hydrogen-bond acceptors (Lipinski definition) is 3. The van der Waals surface area contributed by atoms with Gasteiger partial charge in [0.1, 0.15) is 0 Å². The molecule has 0 bridgehead atoms. The smallest absolute Gasteiger partial charge is 0.179 e. The van der Waals surface area contributed by atoms with Gasteiger partial charge in [0.15, 0.2) is 5.78 Å². The predicted octanol–water partition coefficient (Wildman–Crippen LogP) is 3.85. The first-order valence-electron chi connectivity index (χ1n) is 8.71. The highest BCUT2D eigenvalue weighted by Gasteiger charge is 2.33.